The molecule has 0 bridgehead atoms. The molecule has 1 saturated heterocycles. The monoisotopic (exact) mass is 242 g/mol. The number of rotatable bonds is 1. The number of benzene rings is 1. The van der Waals surface area contributed by atoms with E-state index in [0.717, 1.165) is 32.5 Å². The van der Waals surface area contributed by atoms with Gasteiger partial charge >= 0.3 is 0 Å². The number of hydrogen-bond acceptors (Lipinski definition) is 2. The number of carbonyl (C=O) groups excluding carboxylic acids is 1. The van der Waals surface area contributed by atoms with E-state index in [2.05, 4.69) is 17.4 Å². The molecule has 3 aliphatic rings. The number of nitrogens with one attached hydrogen (secondary N) is 1. The summed E-state index contributed by atoms with van der Waals surface area (Å²) in [6.45, 7) is 3.15. The standard InChI is InChI=1S/C15H18N2O/c18-14-2-1-10-7-13(12-3-5-16-9-12)8-11-4-6-17(14)15(10)11/h7-8,12,16H,1-6,9H2. The van der Waals surface area contributed by atoms with Gasteiger partial charge in [0.05, 0.1) is 5.69 Å². The van der Waals surface area contributed by atoms with E-state index in [9.17, 15) is 4.79 Å². The van der Waals surface area contributed by atoms with Gasteiger partial charge in [0, 0.05) is 19.5 Å². The van der Waals surface area contributed by atoms with E-state index in [4.69, 9.17) is 0 Å². The van der Waals surface area contributed by atoms with Crippen molar-refractivity contribution < 1.29 is 4.79 Å². The first-order valence-corrected chi connectivity index (χ1v) is 7.00. The highest BCUT2D eigenvalue weighted by Crippen LogP contribution is 2.39. The van der Waals surface area contributed by atoms with E-state index >= 15 is 0 Å². The van der Waals surface area contributed by atoms with Gasteiger partial charge < -0.3 is 10.2 Å². The minimum Gasteiger partial charge on any atom is -0.316 e. The predicted molar refractivity (Wildman–Crippen MR) is 71.0 cm³/mol. The summed E-state index contributed by atoms with van der Waals surface area (Å²) in [6, 6.07) is 4.72. The fourth-order valence-corrected chi connectivity index (χ4v) is 3.66. The summed E-state index contributed by atoms with van der Waals surface area (Å²) in [7, 11) is 0. The molecule has 0 radical (unpaired) electrons. The molecule has 3 nitrogen and oxygen atoms in total. The van der Waals surface area contributed by atoms with Gasteiger partial charge in [-0.3, -0.25) is 4.79 Å². The van der Waals surface area contributed by atoms with Crippen LogP contribution in [-0.2, 0) is 17.6 Å². The molecule has 0 aromatic heterocycles. The van der Waals surface area contributed by atoms with Gasteiger partial charge in [0.1, 0.15) is 0 Å². The predicted octanol–water partition coefficient (Wildman–Crippen LogP) is 1.60. The van der Waals surface area contributed by atoms with Crippen LogP contribution in [0.1, 0.15) is 35.4 Å². The lowest BCUT2D eigenvalue weighted by molar-refractivity contribution is -0.118. The molecule has 1 amide bonds. The summed E-state index contributed by atoms with van der Waals surface area (Å²) in [4.78, 5) is 13.9. The van der Waals surface area contributed by atoms with Crippen molar-refractivity contribution in [3.05, 3.63) is 28.8 Å². The van der Waals surface area contributed by atoms with Crippen molar-refractivity contribution in [1.29, 1.82) is 0 Å². The molecule has 3 aliphatic heterocycles. The van der Waals surface area contributed by atoms with E-state index in [-0.39, 0.29) is 0 Å². The average molecular weight is 242 g/mol. The first-order valence-electron chi connectivity index (χ1n) is 7.00. The van der Waals surface area contributed by atoms with Crippen molar-refractivity contribution in [2.75, 3.05) is 24.5 Å². The number of anilines is 1. The van der Waals surface area contributed by atoms with Crippen LogP contribution in [0, 0.1) is 0 Å². The summed E-state index contributed by atoms with van der Waals surface area (Å²) >= 11 is 0. The van der Waals surface area contributed by atoms with Gasteiger partial charge in [0.15, 0.2) is 0 Å². The Bertz CT molecular complexity index is 517. The van der Waals surface area contributed by atoms with Crippen LogP contribution in [0.2, 0.25) is 0 Å². The number of hydrogen-bond donors (Lipinski definition) is 1. The molecule has 0 aliphatic carbocycles. The minimum atomic E-state index is 0.316. The first-order chi connectivity index (χ1) is 8.83. The SMILES string of the molecule is O=C1CCc2cc(C3CCNC3)cc3c2N1CC3. The third-order valence-electron chi connectivity index (χ3n) is 4.61. The molecule has 1 unspecified atom stereocenters. The van der Waals surface area contributed by atoms with E-state index in [0.29, 0.717) is 18.2 Å². The summed E-state index contributed by atoms with van der Waals surface area (Å²) in [5, 5.41) is 3.44. The van der Waals surface area contributed by atoms with Crippen LogP contribution in [0.3, 0.4) is 0 Å². The van der Waals surface area contributed by atoms with Crippen LogP contribution >= 0.6 is 0 Å². The Balaban J connectivity index is 1.80. The average Bonchev–Trinajstić information content (AvgIpc) is 3.03. The smallest absolute Gasteiger partial charge is 0.227 e. The van der Waals surface area contributed by atoms with Crippen molar-refractivity contribution in [2.45, 2.75) is 31.6 Å². The Morgan fingerprint density at radius 1 is 1.17 bits per heavy atom. The highest BCUT2D eigenvalue weighted by molar-refractivity contribution is 5.98. The van der Waals surface area contributed by atoms with E-state index < -0.39 is 0 Å². The number of nitrogens with zero attached hydrogens (tertiary/aromatic N) is 1. The lowest BCUT2D eigenvalue weighted by Gasteiger charge is -2.26. The number of aryl methyl sites for hydroxylation is 1. The van der Waals surface area contributed by atoms with Crippen LogP contribution in [-0.4, -0.2) is 25.5 Å². The summed E-state index contributed by atoms with van der Waals surface area (Å²) in [5.74, 6) is 0.995. The summed E-state index contributed by atoms with van der Waals surface area (Å²) in [6.07, 6.45) is 3.92. The molecule has 4 rings (SSSR count). The normalized spacial score (nSPS) is 25.7. The largest absolute Gasteiger partial charge is 0.316 e. The van der Waals surface area contributed by atoms with Gasteiger partial charge in [0.25, 0.3) is 0 Å². The Morgan fingerprint density at radius 3 is 2.78 bits per heavy atom. The van der Waals surface area contributed by atoms with Gasteiger partial charge in [-0.2, -0.15) is 0 Å². The number of amides is 1. The van der Waals surface area contributed by atoms with E-state index in [1.807, 2.05) is 4.90 Å². The third-order valence-corrected chi connectivity index (χ3v) is 4.61. The zero-order chi connectivity index (χ0) is 12.1. The molecular weight excluding hydrogens is 224 g/mol. The molecule has 1 fully saturated rings. The second-order valence-electron chi connectivity index (χ2n) is 5.67. The van der Waals surface area contributed by atoms with Crippen molar-refractivity contribution >= 4 is 11.6 Å². The van der Waals surface area contributed by atoms with Gasteiger partial charge in [-0.1, -0.05) is 12.1 Å². The zero-order valence-electron chi connectivity index (χ0n) is 10.5. The maximum Gasteiger partial charge on any atom is 0.227 e. The molecule has 94 valence electrons. The lowest BCUT2D eigenvalue weighted by atomic mass is 9.90. The van der Waals surface area contributed by atoms with Crippen molar-refractivity contribution in [3.8, 4) is 0 Å². The Labute approximate surface area is 107 Å². The topological polar surface area (TPSA) is 32.3 Å². The molecule has 1 aromatic carbocycles. The molecule has 18 heavy (non-hydrogen) atoms. The van der Waals surface area contributed by atoms with Crippen LogP contribution in [0.5, 0.6) is 0 Å². The van der Waals surface area contributed by atoms with E-state index in [1.54, 1.807) is 0 Å². The maximum atomic E-state index is 11.9. The third kappa shape index (κ3) is 1.43. The molecule has 1 aromatic rings. The summed E-state index contributed by atoms with van der Waals surface area (Å²) < 4.78 is 0. The molecule has 0 spiro atoms. The fourth-order valence-electron chi connectivity index (χ4n) is 3.66. The van der Waals surface area contributed by atoms with Crippen molar-refractivity contribution in [1.82, 2.24) is 5.32 Å². The van der Waals surface area contributed by atoms with Gasteiger partial charge in [-0.15, -0.1) is 0 Å². The van der Waals surface area contributed by atoms with Crippen LogP contribution in [0.15, 0.2) is 12.1 Å². The van der Waals surface area contributed by atoms with Gasteiger partial charge in [-0.05, 0) is 48.4 Å². The Morgan fingerprint density at radius 2 is 2.00 bits per heavy atom. The van der Waals surface area contributed by atoms with Crippen LogP contribution in [0.25, 0.3) is 0 Å². The van der Waals surface area contributed by atoms with Crippen LogP contribution in [0.4, 0.5) is 5.69 Å². The molecular formula is C15H18N2O. The molecule has 3 heteroatoms. The van der Waals surface area contributed by atoms with Crippen molar-refractivity contribution in [2.24, 2.45) is 0 Å². The second kappa shape index (κ2) is 3.82. The zero-order valence-corrected chi connectivity index (χ0v) is 10.5. The molecule has 1 N–H and O–H groups in total. The van der Waals surface area contributed by atoms with Gasteiger partial charge in [0.2, 0.25) is 5.91 Å². The molecule has 1 atom stereocenters. The van der Waals surface area contributed by atoms with Gasteiger partial charge in [-0.25, -0.2) is 0 Å². The Kier molecular flexibility index (Phi) is 2.24. The first kappa shape index (κ1) is 10.6. The second-order valence-corrected chi connectivity index (χ2v) is 5.67. The maximum absolute atomic E-state index is 11.9. The van der Waals surface area contributed by atoms with Crippen molar-refractivity contribution in [3.63, 3.8) is 0 Å². The lowest BCUT2D eigenvalue weighted by Crippen LogP contribution is -2.32. The quantitative estimate of drug-likeness (QED) is 0.811. The van der Waals surface area contributed by atoms with Crippen LogP contribution < -0.4 is 10.2 Å². The molecule has 3 heterocycles. The minimum absolute atomic E-state index is 0.316. The highest BCUT2D eigenvalue weighted by atomic mass is 16.2. The van der Waals surface area contributed by atoms with E-state index in [1.165, 1.54) is 28.8 Å². The summed E-state index contributed by atoms with van der Waals surface area (Å²) in [5.41, 5.74) is 5.56. The Hall–Kier alpha value is -1.35. The fraction of sp³-hybridized carbons (Fsp3) is 0.533. The highest BCUT2D eigenvalue weighted by Gasteiger charge is 2.32. The molecule has 0 saturated carbocycles. The number of carbonyl (C=O) groups is 1.